The number of benzene rings is 1. The van der Waals surface area contributed by atoms with Gasteiger partial charge in [-0.05, 0) is 30.7 Å². The van der Waals surface area contributed by atoms with Crippen molar-refractivity contribution >= 4 is 17.8 Å². The number of aromatic carboxylic acids is 1. The molecular formula is C15H13FN2O4. The minimum absolute atomic E-state index is 0.0461. The molecule has 2 aromatic rings. The maximum absolute atomic E-state index is 14.0. The summed E-state index contributed by atoms with van der Waals surface area (Å²) in [7, 11) is 0. The highest BCUT2D eigenvalue weighted by atomic mass is 19.1. The number of carbonyl (C=O) groups is 2. The van der Waals surface area contributed by atoms with Crippen molar-refractivity contribution < 1.29 is 23.8 Å². The van der Waals surface area contributed by atoms with E-state index in [-0.39, 0.29) is 34.7 Å². The molecule has 3 N–H and O–H groups in total. The van der Waals surface area contributed by atoms with E-state index in [2.05, 4.69) is 4.98 Å². The smallest absolute Gasteiger partial charge is 0.341 e. The van der Waals surface area contributed by atoms with E-state index in [1.165, 1.54) is 24.4 Å². The molecule has 0 aliphatic carbocycles. The van der Waals surface area contributed by atoms with Crippen molar-refractivity contribution in [2.75, 3.05) is 12.3 Å². The van der Waals surface area contributed by atoms with Gasteiger partial charge in [-0.2, -0.15) is 0 Å². The molecule has 22 heavy (non-hydrogen) atoms. The molecule has 0 radical (unpaired) electrons. The SMILES string of the molecule is CCOC(=O)c1ccc(-c2cnc(N)cc2C(=O)O)cc1F. The first-order chi connectivity index (χ1) is 10.4. The van der Waals surface area contributed by atoms with Crippen LogP contribution in [0.5, 0.6) is 0 Å². The average Bonchev–Trinajstić information content (AvgIpc) is 2.47. The van der Waals surface area contributed by atoms with Crippen LogP contribution in [0.4, 0.5) is 10.2 Å². The summed E-state index contributed by atoms with van der Waals surface area (Å²) in [4.78, 5) is 26.6. The van der Waals surface area contributed by atoms with E-state index in [4.69, 9.17) is 10.5 Å². The number of nitrogen functional groups attached to an aromatic ring is 1. The molecule has 1 aromatic carbocycles. The minimum Gasteiger partial charge on any atom is -0.478 e. The molecular weight excluding hydrogens is 291 g/mol. The maximum atomic E-state index is 14.0. The molecule has 2 rings (SSSR count). The zero-order valence-electron chi connectivity index (χ0n) is 11.7. The summed E-state index contributed by atoms with van der Waals surface area (Å²) in [6.45, 7) is 1.74. The second-order valence-corrected chi connectivity index (χ2v) is 4.38. The minimum atomic E-state index is -1.21. The largest absolute Gasteiger partial charge is 0.478 e. The lowest BCUT2D eigenvalue weighted by molar-refractivity contribution is 0.0520. The quantitative estimate of drug-likeness (QED) is 0.840. The number of ether oxygens (including phenoxy) is 1. The van der Waals surface area contributed by atoms with Crippen LogP contribution in [0.1, 0.15) is 27.6 Å². The van der Waals surface area contributed by atoms with Crippen LogP contribution in [0.2, 0.25) is 0 Å². The lowest BCUT2D eigenvalue weighted by atomic mass is 10.00. The van der Waals surface area contributed by atoms with E-state index in [1.807, 2.05) is 0 Å². The van der Waals surface area contributed by atoms with Crippen LogP contribution in [-0.2, 0) is 4.74 Å². The van der Waals surface area contributed by atoms with Crippen LogP contribution in [0.3, 0.4) is 0 Å². The highest BCUT2D eigenvalue weighted by Gasteiger charge is 2.17. The fraction of sp³-hybridized carbons (Fsp3) is 0.133. The van der Waals surface area contributed by atoms with Gasteiger partial charge in [0.15, 0.2) is 0 Å². The van der Waals surface area contributed by atoms with E-state index in [0.717, 1.165) is 6.07 Å². The van der Waals surface area contributed by atoms with Gasteiger partial charge in [0.1, 0.15) is 11.6 Å². The highest BCUT2D eigenvalue weighted by Crippen LogP contribution is 2.26. The molecule has 0 saturated carbocycles. The second kappa shape index (κ2) is 6.21. The molecule has 0 unspecified atom stereocenters. The van der Waals surface area contributed by atoms with Crippen LogP contribution in [0, 0.1) is 5.82 Å². The zero-order valence-corrected chi connectivity index (χ0v) is 11.7. The number of anilines is 1. The Balaban J connectivity index is 2.49. The summed E-state index contributed by atoms with van der Waals surface area (Å²) in [6.07, 6.45) is 1.25. The van der Waals surface area contributed by atoms with Gasteiger partial charge in [0.25, 0.3) is 0 Å². The van der Waals surface area contributed by atoms with E-state index in [1.54, 1.807) is 6.92 Å². The van der Waals surface area contributed by atoms with Crippen molar-refractivity contribution in [2.24, 2.45) is 0 Å². The van der Waals surface area contributed by atoms with Crippen LogP contribution < -0.4 is 5.73 Å². The Morgan fingerprint density at radius 2 is 2.05 bits per heavy atom. The first-order valence-electron chi connectivity index (χ1n) is 6.40. The number of aromatic nitrogens is 1. The zero-order chi connectivity index (χ0) is 16.3. The molecule has 0 bridgehead atoms. The Labute approximate surface area is 125 Å². The second-order valence-electron chi connectivity index (χ2n) is 4.38. The molecule has 0 saturated heterocycles. The third-order valence-corrected chi connectivity index (χ3v) is 2.93. The van der Waals surface area contributed by atoms with Crippen molar-refractivity contribution in [1.29, 1.82) is 0 Å². The standard InChI is InChI=1S/C15H13FN2O4/c1-2-22-15(21)9-4-3-8(5-12(9)16)11-7-18-13(17)6-10(11)14(19)20/h3-7H,2H2,1H3,(H2,17,18)(H,19,20). The van der Waals surface area contributed by atoms with E-state index in [9.17, 15) is 19.1 Å². The summed E-state index contributed by atoms with van der Waals surface area (Å²) in [6, 6.07) is 4.92. The Hall–Kier alpha value is -2.96. The predicted molar refractivity (Wildman–Crippen MR) is 77.0 cm³/mol. The number of rotatable bonds is 4. The molecule has 0 aliphatic heterocycles. The Morgan fingerprint density at radius 3 is 2.64 bits per heavy atom. The normalized spacial score (nSPS) is 10.3. The monoisotopic (exact) mass is 304 g/mol. The topological polar surface area (TPSA) is 103 Å². The summed E-state index contributed by atoms with van der Waals surface area (Å²) in [5, 5.41) is 9.18. The van der Waals surface area contributed by atoms with Crippen molar-refractivity contribution in [3.8, 4) is 11.1 Å². The van der Waals surface area contributed by atoms with Crippen molar-refractivity contribution in [3.63, 3.8) is 0 Å². The Kier molecular flexibility index (Phi) is 4.36. The van der Waals surface area contributed by atoms with Crippen LogP contribution in [-0.4, -0.2) is 28.6 Å². The molecule has 0 fully saturated rings. The molecule has 7 heteroatoms. The number of nitrogens with two attached hydrogens (primary N) is 1. The van der Waals surface area contributed by atoms with Gasteiger partial charge >= 0.3 is 11.9 Å². The molecule has 0 amide bonds. The number of esters is 1. The number of hydrogen-bond acceptors (Lipinski definition) is 5. The van der Waals surface area contributed by atoms with E-state index >= 15 is 0 Å². The lowest BCUT2D eigenvalue weighted by Crippen LogP contribution is -2.08. The predicted octanol–water partition coefficient (Wildman–Crippen LogP) is 2.34. The lowest BCUT2D eigenvalue weighted by Gasteiger charge is -2.09. The fourth-order valence-corrected chi connectivity index (χ4v) is 1.94. The molecule has 0 aliphatic rings. The van der Waals surface area contributed by atoms with Gasteiger partial charge in [0.2, 0.25) is 0 Å². The number of carboxylic acids is 1. The fourth-order valence-electron chi connectivity index (χ4n) is 1.94. The highest BCUT2D eigenvalue weighted by molar-refractivity contribution is 5.97. The molecule has 0 atom stereocenters. The number of carbonyl (C=O) groups excluding carboxylic acids is 1. The van der Waals surface area contributed by atoms with Gasteiger partial charge in [-0.1, -0.05) is 6.07 Å². The van der Waals surface area contributed by atoms with Crippen LogP contribution >= 0.6 is 0 Å². The molecule has 6 nitrogen and oxygen atoms in total. The molecule has 1 aromatic heterocycles. The summed E-state index contributed by atoms with van der Waals surface area (Å²) >= 11 is 0. The Bertz CT molecular complexity index is 746. The molecule has 0 spiro atoms. The van der Waals surface area contributed by atoms with Gasteiger partial charge in [-0.15, -0.1) is 0 Å². The number of pyridine rings is 1. The Morgan fingerprint density at radius 1 is 1.32 bits per heavy atom. The molecule has 1 heterocycles. The van der Waals surface area contributed by atoms with Gasteiger partial charge in [0, 0.05) is 11.8 Å². The van der Waals surface area contributed by atoms with Crippen LogP contribution in [0.15, 0.2) is 30.5 Å². The third kappa shape index (κ3) is 3.03. The van der Waals surface area contributed by atoms with Gasteiger partial charge in [0.05, 0.1) is 17.7 Å². The number of carboxylic acid groups (broad SMARTS) is 1. The van der Waals surface area contributed by atoms with Crippen LogP contribution in [0.25, 0.3) is 11.1 Å². The van der Waals surface area contributed by atoms with E-state index < -0.39 is 17.8 Å². The van der Waals surface area contributed by atoms with Crippen molar-refractivity contribution in [1.82, 2.24) is 4.98 Å². The van der Waals surface area contributed by atoms with Crippen molar-refractivity contribution in [3.05, 3.63) is 47.4 Å². The number of hydrogen-bond donors (Lipinski definition) is 2. The van der Waals surface area contributed by atoms with E-state index in [0.29, 0.717) is 0 Å². The van der Waals surface area contributed by atoms with Gasteiger partial charge in [-0.3, -0.25) is 0 Å². The molecule has 114 valence electrons. The third-order valence-electron chi connectivity index (χ3n) is 2.93. The first kappa shape index (κ1) is 15.4. The average molecular weight is 304 g/mol. The maximum Gasteiger partial charge on any atom is 0.341 e. The summed E-state index contributed by atoms with van der Waals surface area (Å²) in [5.74, 6) is -2.74. The van der Waals surface area contributed by atoms with Crippen molar-refractivity contribution in [2.45, 2.75) is 6.92 Å². The number of nitrogens with zero attached hydrogens (tertiary/aromatic N) is 1. The number of halogens is 1. The summed E-state index contributed by atoms with van der Waals surface area (Å²) < 4.78 is 18.8. The first-order valence-corrected chi connectivity index (χ1v) is 6.40. The van der Waals surface area contributed by atoms with Gasteiger partial charge in [-0.25, -0.2) is 19.0 Å². The van der Waals surface area contributed by atoms with Gasteiger partial charge < -0.3 is 15.6 Å². The summed E-state index contributed by atoms with van der Waals surface area (Å²) in [5.41, 5.74) is 5.62.